The molecule has 0 aromatic heterocycles. The van der Waals surface area contributed by atoms with E-state index >= 15 is 0 Å². The van der Waals surface area contributed by atoms with Gasteiger partial charge in [-0.15, -0.1) is 0 Å². The normalized spacial score (nSPS) is 22.1. The minimum Gasteiger partial charge on any atom is -0.468 e. The lowest BCUT2D eigenvalue weighted by atomic mass is 10.2. The van der Waals surface area contributed by atoms with Crippen molar-refractivity contribution in [2.24, 2.45) is 4.99 Å². The summed E-state index contributed by atoms with van der Waals surface area (Å²) in [7, 11) is -1.78. The quantitative estimate of drug-likeness (QED) is 0.595. The third-order valence-corrected chi connectivity index (χ3v) is 9.08. The van der Waals surface area contributed by atoms with Crippen LogP contribution in [-0.4, -0.2) is 33.0 Å². The lowest BCUT2D eigenvalue weighted by Crippen LogP contribution is -2.43. The summed E-state index contributed by atoms with van der Waals surface area (Å²) in [6.07, 6.45) is 1.71. The van der Waals surface area contributed by atoms with Crippen LogP contribution in [0.15, 0.2) is 48.0 Å². The summed E-state index contributed by atoms with van der Waals surface area (Å²) in [5, 5.41) is 0.197. The van der Waals surface area contributed by atoms with Crippen molar-refractivity contribution >= 4 is 14.2 Å². The Labute approximate surface area is 135 Å². The Kier molecular flexibility index (Phi) is 4.92. The molecular weight excluding hydrogens is 290 g/mol. The van der Waals surface area contributed by atoms with E-state index in [1.54, 1.807) is 0 Å². The predicted molar refractivity (Wildman–Crippen MR) is 95.0 cm³/mol. The van der Waals surface area contributed by atoms with Crippen LogP contribution in [0.2, 0.25) is 18.1 Å². The van der Waals surface area contributed by atoms with Gasteiger partial charge in [-0.2, -0.15) is 0 Å². The van der Waals surface area contributed by atoms with Crippen LogP contribution in [0, 0.1) is 0 Å². The molecule has 4 heteroatoms. The summed E-state index contributed by atoms with van der Waals surface area (Å²) in [6, 6.07) is 9.98. The van der Waals surface area contributed by atoms with Gasteiger partial charge in [0.05, 0.1) is 6.61 Å². The van der Waals surface area contributed by atoms with Gasteiger partial charge < -0.3 is 9.16 Å². The van der Waals surface area contributed by atoms with Crippen LogP contribution in [0.5, 0.6) is 0 Å². The third kappa shape index (κ3) is 3.68. The van der Waals surface area contributed by atoms with Crippen molar-refractivity contribution in [1.29, 1.82) is 0 Å². The van der Waals surface area contributed by atoms with Crippen LogP contribution in [0.1, 0.15) is 26.3 Å². The van der Waals surface area contributed by atoms with E-state index in [2.05, 4.69) is 40.4 Å². The van der Waals surface area contributed by atoms with Crippen LogP contribution in [0.3, 0.4) is 0 Å². The Bertz CT molecular complexity index is 546. The van der Waals surface area contributed by atoms with Gasteiger partial charge in [0.25, 0.3) is 0 Å². The number of hydrogen-bond acceptors (Lipinski definition) is 3. The second-order valence-electron chi connectivity index (χ2n) is 7.26. The molecule has 1 aliphatic heterocycles. The molecule has 0 unspecified atom stereocenters. The van der Waals surface area contributed by atoms with E-state index < -0.39 is 8.32 Å². The zero-order chi connectivity index (χ0) is 16.4. The Morgan fingerprint density at radius 1 is 1.27 bits per heavy atom. The molecule has 1 heterocycles. The maximum atomic E-state index is 6.30. The van der Waals surface area contributed by atoms with Gasteiger partial charge in [0.2, 0.25) is 5.90 Å². The lowest BCUT2D eigenvalue weighted by Gasteiger charge is -2.36. The summed E-state index contributed by atoms with van der Waals surface area (Å²) < 4.78 is 12.2. The number of ether oxygens (including phenoxy) is 1. The first-order valence-corrected chi connectivity index (χ1v) is 10.7. The molecule has 1 aliphatic rings. The first-order valence-electron chi connectivity index (χ1n) is 7.81. The smallest absolute Gasteiger partial charge is 0.217 e. The van der Waals surface area contributed by atoms with Crippen molar-refractivity contribution < 1.29 is 9.16 Å². The maximum absolute atomic E-state index is 6.30. The standard InChI is InChI=1S/C18H27NO2Si/c1-7-16-15(13-20-22(5,6)18(2,3)4)19-17(21-16)14-11-9-8-10-12-14/h7-12,15-16H,1,13H2,2-6H3/t15-,16-/m1/s1. The zero-order valence-electron chi connectivity index (χ0n) is 14.3. The molecule has 0 saturated heterocycles. The highest BCUT2D eigenvalue weighted by Gasteiger charge is 2.39. The van der Waals surface area contributed by atoms with Crippen molar-refractivity contribution in [3.05, 3.63) is 48.6 Å². The molecule has 2 atom stereocenters. The molecule has 0 amide bonds. The number of rotatable bonds is 5. The zero-order valence-corrected chi connectivity index (χ0v) is 15.3. The molecule has 0 radical (unpaired) electrons. The molecule has 0 bridgehead atoms. The summed E-state index contributed by atoms with van der Waals surface area (Å²) >= 11 is 0. The molecule has 1 aromatic carbocycles. The molecule has 2 rings (SSSR count). The van der Waals surface area contributed by atoms with Crippen LogP contribution in [-0.2, 0) is 9.16 Å². The van der Waals surface area contributed by atoms with Gasteiger partial charge in [-0.05, 0) is 36.3 Å². The van der Waals surface area contributed by atoms with Crippen molar-refractivity contribution in [2.75, 3.05) is 6.61 Å². The monoisotopic (exact) mass is 317 g/mol. The van der Waals surface area contributed by atoms with Gasteiger partial charge in [-0.25, -0.2) is 4.99 Å². The molecule has 0 saturated carbocycles. The summed E-state index contributed by atoms with van der Waals surface area (Å²) in [4.78, 5) is 4.72. The highest BCUT2D eigenvalue weighted by molar-refractivity contribution is 6.74. The van der Waals surface area contributed by atoms with Gasteiger partial charge in [-0.3, -0.25) is 0 Å². The second kappa shape index (κ2) is 6.38. The molecule has 0 N–H and O–H groups in total. The van der Waals surface area contributed by atoms with Gasteiger partial charge in [0.1, 0.15) is 12.1 Å². The molecule has 0 fully saturated rings. The van der Waals surface area contributed by atoms with E-state index in [4.69, 9.17) is 14.2 Å². The molecule has 0 spiro atoms. The molecule has 120 valence electrons. The van der Waals surface area contributed by atoms with Crippen LogP contribution in [0.4, 0.5) is 0 Å². The van der Waals surface area contributed by atoms with Gasteiger partial charge in [0.15, 0.2) is 8.32 Å². The topological polar surface area (TPSA) is 30.8 Å². The fourth-order valence-corrected chi connectivity index (χ4v) is 3.05. The fraction of sp³-hybridized carbons (Fsp3) is 0.500. The molecule has 3 nitrogen and oxygen atoms in total. The first kappa shape index (κ1) is 17.0. The maximum Gasteiger partial charge on any atom is 0.217 e. The Hall–Kier alpha value is -1.39. The van der Waals surface area contributed by atoms with Crippen LogP contribution in [0.25, 0.3) is 0 Å². The van der Waals surface area contributed by atoms with Crippen molar-refractivity contribution in [3.63, 3.8) is 0 Å². The largest absolute Gasteiger partial charge is 0.468 e. The second-order valence-corrected chi connectivity index (χ2v) is 12.1. The summed E-state index contributed by atoms with van der Waals surface area (Å²) in [6.45, 7) is 15.7. The number of nitrogens with zero attached hydrogens (tertiary/aromatic N) is 1. The average molecular weight is 318 g/mol. The van der Waals surface area contributed by atoms with Gasteiger partial charge in [0, 0.05) is 5.56 Å². The Balaban J connectivity index is 2.09. The minimum atomic E-state index is -1.78. The van der Waals surface area contributed by atoms with E-state index in [1.165, 1.54) is 0 Å². The minimum absolute atomic E-state index is 0.0122. The Morgan fingerprint density at radius 3 is 2.45 bits per heavy atom. The predicted octanol–water partition coefficient (Wildman–Crippen LogP) is 4.41. The van der Waals surface area contributed by atoms with Gasteiger partial charge >= 0.3 is 0 Å². The lowest BCUT2D eigenvalue weighted by molar-refractivity contribution is 0.186. The molecule has 22 heavy (non-hydrogen) atoms. The molecule has 1 aromatic rings. The van der Waals surface area contributed by atoms with Crippen LogP contribution < -0.4 is 0 Å². The summed E-state index contributed by atoms with van der Waals surface area (Å²) in [5.41, 5.74) is 1.00. The van der Waals surface area contributed by atoms with Crippen molar-refractivity contribution in [3.8, 4) is 0 Å². The number of aliphatic imine (C=N–C) groups is 1. The average Bonchev–Trinajstić information content (AvgIpc) is 2.88. The fourth-order valence-electron chi connectivity index (χ4n) is 2.03. The number of benzene rings is 1. The van der Waals surface area contributed by atoms with Gasteiger partial charge in [-0.1, -0.05) is 45.5 Å². The van der Waals surface area contributed by atoms with Crippen molar-refractivity contribution in [1.82, 2.24) is 0 Å². The van der Waals surface area contributed by atoms with Crippen LogP contribution >= 0.6 is 0 Å². The van der Waals surface area contributed by atoms with E-state index in [0.29, 0.717) is 12.5 Å². The highest BCUT2D eigenvalue weighted by atomic mass is 28.4. The van der Waals surface area contributed by atoms with E-state index in [9.17, 15) is 0 Å². The van der Waals surface area contributed by atoms with Crippen molar-refractivity contribution in [2.45, 2.75) is 51.0 Å². The van der Waals surface area contributed by atoms with E-state index in [1.807, 2.05) is 36.4 Å². The third-order valence-electron chi connectivity index (χ3n) is 4.58. The first-order chi connectivity index (χ1) is 10.2. The number of hydrogen-bond donors (Lipinski definition) is 0. The molecule has 0 aliphatic carbocycles. The van der Waals surface area contributed by atoms with E-state index in [0.717, 1.165) is 5.56 Å². The van der Waals surface area contributed by atoms with E-state index in [-0.39, 0.29) is 17.2 Å². The SMILES string of the molecule is C=C[C@H]1OC(c2ccccc2)=N[C@@H]1CO[Si](C)(C)C(C)(C)C. The summed E-state index contributed by atoms with van der Waals surface area (Å²) in [5.74, 6) is 0.689. The highest BCUT2D eigenvalue weighted by Crippen LogP contribution is 2.37. The molecular formula is C18H27NO2Si. The Morgan fingerprint density at radius 2 is 1.91 bits per heavy atom.